The van der Waals surface area contributed by atoms with Gasteiger partial charge in [-0.3, -0.25) is 0 Å². The molecule has 0 saturated heterocycles. The average molecular weight is 469 g/mol. The molecule has 0 aliphatic heterocycles. The molecule has 36 heavy (non-hydrogen) atoms. The van der Waals surface area contributed by atoms with Gasteiger partial charge < -0.3 is 9.47 Å². The Morgan fingerprint density at radius 3 is 1.03 bits per heavy atom. The molecule has 0 N–H and O–H groups in total. The van der Waals surface area contributed by atoms with Gasteiger partial charge >= 0.3 is 0 Å². The van der Waals surface area contributed by atoms with Crippen molar-refractivity contribution in [3.63, 3.8) is 0 Å². The molecule has 5 rings (SSSR count). The molecule has 5 aromatic rings. The number of fused-ring (bicyclic) bond motifs is 4. The molecule has 0 aliphatic carbocycles. The highest BCUT2D eigenvalue weighted by Gasteiger charge is 2.01. The van der Waals surface area contributed by atoms with Gasteiger partial charge in [0.05, 0.1) is 14.2 Å². The smallest absolute Gasteiger partial charge is 0.118 e. The summed E-state index contributed by atoms with van der Waals surface area (Å²) in [5.74, 6) is 1.72. The lowest BCUT2D eigenvalue weighted by Crippen LogP contribution is -1.82. The summed E-state index contributed by atoms with van der Waals surface area (Å²) in [6, 6.07) is 37.9. The van der Waals surface area contributed by atoms with Gasteiger partial charge in [-0.2, -0.15) is 0 Å². The van der Waals surface area contributed by atoms with E-state index in [2.05, 4.69) is 109 Å². The van der Waals surface area contributed by atoms with Crippen molar-refractivity contribution in [3.05, 3.63) is 131 Å². The standard InChI is InChI=1S/C34H28O2/c1-35-31-19-9-25(10-20-31)13-23-33-27-5-3-6-28(33)16-18-30-8-4-7-29(17-15-27)34(30)24-14-26-11-21-32(36-2)22-12-26/h3-24H,1-2H3/b17-15?,18-16?,23-13+,24-14+. The topological polar surface area (TPSA) is 18.5 Å². The summed E-state index contributed by atoms with van der Waals surface area (Å²) in [5, 5.41) is 4.72. The lowest BCUT2D eigenvalue weighted by atomic mass is 10.00. The minimum atomic E-state index is 0.860. The van der Waals surface area contributed by atoms with Crippen LogP contribution in [0.4, 0.5) is 0 Å². The van der Waals surface area contributed by atoms with Gasteiger partial charge in [-0.1, -0.05) is 109 Å². The fourth-order valence-corrected chi connectivity index (χ4v) is 4.32. The van der Waals surface area contributed by atoms with Crippen LogP contribution in [0.25, 0.3) is 45.8 Å². The average Bonchev–Trinajstić information content (AvgIpc) is 2.93. The molecule has 0 aromatic heterocycles. The molecule has 0 radical (unpaired) electrons. The Morgan fingerprint density at radius 1 is 0.389 bits per heavy atom. The number of hydrogen-bond acceptors (Lipinski definition) is 2. The Kier molecular flexibility index (Phi) is 6.95. The van der Waals surface area contributed by atoms with Gasteiger partial charge in [0.25, 0.3) is 0 Å². The first-order valence-electron chi connectivity index (χ1n) is 12.0. The van der Waals surface area contributed by atoms with Crippen LogP contribution < -0.4 is 9.47 Å². The number of rotatable bonds is 6. The lowest BCUT2D eigenvalue weighted by molar-refractivity contribution is 0.414. The first-order chi connectivity index (χ1) is 17.7. The SMILES string of the molecule is COc1ccc(/C=C/c2c3cccc2ccc2cccc(cc3)c2/C=C/c2ccc(OC)cc2)cc1. The van der Waals surface area contributed by atoms with Crippen LogP contribution in [0.2, 0.25) is 0 Å². The minimum Gasteiger partial charge on any atom is -0.497 e. The summed E-state index contributed by atoms with van der Waals surface area (Å²) >= 11 is 0. The fraction of sp³-hybridized carbons (Fsp3) is 0.0588. The van der Waals surface area contributed by atoms with Crippen LogP contribution in [0.15, 0.2) is 109 Å². The first-order valence-corrected chi connectivity index (χ1v) is 12.0. The van der Waals surface area contributed by atoms with Gasteiger partial charge in [0.1, 0.15) is 11.5 Å². The highest BCUT2D eigenvalue weighted by Crippen LogP contribution is 2.25. The van der Waals surface area contributed by atoms with Crippen LogP contribution in [0.5, 0.6) is 11.5 Å². The molecular weight excluding hydrogens is 440 g/mol. The van der Waals surface area contributed by atoms with E-state index in [4.69, 9.17) is 9.47 Å². The van der Waals surface area contributed by atoms with Crippen molar-refractivity contribution in [2.45, 2.75) is 0 Å². The molecular formula is C34H28O2. The second kappa shape index (κ2) is 10.8. The number of ether oxygens (including phenoxy) is 2. The molecule has 0 amide bonds. The maximum Gasteiger partial charge on any atom is 0.118 e. The zero-order valence-corrected chi connectivity index (χ0v) is 20.5. The largest absolute Gasteiger partial charge is 0.497 e. The second-order valence-electron chi connectivity index (χ2n) is 8.58. The van der Waals surface area contributed by atoms with E-state index in [0.29, 0.717) is 0 Å². The maximum absolute atomic E-state index is 5.28. The van der Waals surface area contributed by atoms with Crippen LogP contribution in [0.3, 0.4) is 0 Å². The van der Waals surface area contributed by atoms with E-state index in [1.807, 2.05) is 24.3 Å². The Hall–Kier alpha value is -4.56. The van der Waals surface area contributed by atoms with Crippen molar-refractivity contribution in [2.24, 2.45) is 0 Å². The van der Waals surface area contributed by atoms with Gasteiger partial charge in [-0.15, -0.1) is 0 Å². The van der Waals surface area contributed by atoms with E-state index < -0.39 is 0 Å². The van der Waals surface area contributed by atoms with E-state index in [9.17, 15) is 0 Å². The number of methoxy groups -OCH3 is 2. The van der Waals surface area contributed by atoms with Crippen molar-refractivity contribution >= 4 is 45.8 Å². The van der Waals surface area contributed by atoms with Crippen molar-refractivity contribution in [3.8, 4) is 11.5 Å². The Morgan fingerprint density at radius 2 is 0.722 bits per heavy atom. The molecule has 0 saturated carbocycles. The summed E-state index contributed by atoms with van der Waals surface area (Å²) in [6.07, 6.45) is 8.69. The van der Waals surface area contributed by atoms with Gasteiger partial charge in [-0.05, 0) is 68.1 Å². The number of benzene rings is 4. The minimum absolute atomic E-state index is 0.860. The molecule has 2 nitrogen and oxygen atoms in total. The van der Waals surface area contributed by atoms with E-state index >= 15 is 0 Å². The second-order valence-corrected chi connectivity index (χ2v) is 8.58. The van der Waals surface area contributed by atoms with Crippen LogP contribution in [-0.2, 0) is 0 Å². The molecule has 0 heterocycles. The fourth-order valence-electron chi connectivity index (χ4n) is 4.32. The molecule has 0 atom stereocenters. The molecule has 5 aromatic carbocycles. The van der Waals surface area contributed by atoms with E-state index in [-0.39, 0.29) is 0 Å². The highest BCUT2D eigenvalue weighted by molar-refractivity contribution is 5.94. The zero-order chi connectivity index (χ0) is 24.7. The molecule has 2 heteroatoms. The molecule has 4 bridgehead atoms. The molecule has 0 unspecified atom stereocenters. The third-order valence-corrected chi connectivity index (χ3v) is 6.35. The summed E-state index contributed by atoms with van der Waals surface area (Å²) in [5.41, 5.74) is 4.66. The van der Waals surface area contributed by atoms with Gasteiger partial charge in [0.2, 0.25) is 0 Å². The Bertz CT molecular complexity index is 1400. The van der Waals surface area contributed by atoms with Crippen molar-refractivity contribution in [1.29, 1.82) is 0 Å². The van der Waals surface area contributed by atoms with Gasteiger partial charge in [-0.25, -0.2) is 0 Å². The maximum atomic E-state index is 5.28. The summed E-state index contributed by atoms with van der Waals surface area (Å²) < 4.78 is 10.6. The van der Waals surface area contributed by atoms with Gasteiger partial charge in [0, 0.05) is 0 Å². The third-order valence-electron chi connectivity index (χ3n) is 6.35. The normalized spacial score (nSPS) is 11.4. The van der Waals surface area contributed by atoms with Crippen LogP contribution in [0, 0.1) is 0 Å². The first kappa shape index (κ1) is 23.2. The van der Waals surface area contributed by atoms with Gasteiger partial charge in [0.15, 0.2) is 0 Å². The predicted molar refractivity (Wildman–Crippen MR) is 154 cm³/mol. The summed E-state index contributed by atoms with van der Waals surface area (Å²) in [4.78, 5) is 0. The van der Waals surface area contributed by atoms with E-state index in [1.54, 1.807) is 14.2 Å². The summed E-state index contributed by atoms with van der Waals surface area (Å²) in [6.45, 7) is 0. The summed E-state index contributed by atoms with van der Waals surface area (Å²) in [7, 11) is 3.37. The molecule has 0 aliphatic rings. The molecule has 0 spiro atoms. The third kappa shape index (κ3) is 5.24. The van der Waals surface area contributed by atoms with Crippen molar-refractivity contribution in [1.82, 2.24) is 0 Å². The van der Waals surface area contributed by atoms with Crippen LogP contribution in [0.1, 0.15) is 22.3 Å². The highest BCUT2D eigenvalue weighted by atomic mass is 16.5. The Balaban J connectivity index is 1.59. The molecule has 176 valence electrons. The molecule has 0 fully saturated rings. The van der Waals surface area contributed by atoms with Crippen molar-refractivity contribution in [2.75, 3.05) is 14.2 Å². The quantitative estimate of drug-likeness (QED) is 0.232. The lowest BCUT2D eigenvalue weighted by Gasteiger charge is -2.05. The monoisotopic (exact) mass is 468 g/mol. The Labute approximate surface area is 212 Å². The number of hydrogen-bond donors (Lipinski definition) is 0. The van der Waals surface area contributed by atoms with E-state index in [0.717, 1.165) is 22.6 Å². The van der Waals surface area contributed by atoms with Crippen LogP contribution in [-0.4, -0.2) is 14.2 Å². The predicted octanol–water partition coefficient (Wildman–Crippen LogP) is 8.91. The van der Waals surface area contributed by atoms with E-state index in [1.165, 1.54) is 32.7 Å². The van der Waals surface area contributed by atoms with Crippen LogP contribution >= 0.6 is 0 Å². The van der Waals surface area contributed by atoms with Crippen molar-refractivity contribution < 1.29 is 9.47 Å². The zero-order valence-electron chi connectivity index (χ0n) is 20.5.